The van der Waals surface area contributed by atoms with Crippen LogP contribution in [-0.4, -0.2) is 15.9 Å². The number of pyridine rings is 1. The second-order valence-electron chi connectivity index (χ2n) is 5.63. The minimum Gasteiger partial charge on any atom is -0.327 e. The van der Waals surface area contributed by atoms with Crippen LogP contribution < -0.4 is 5.73 Å². The third-order valence-corrected chi connectivity index (χ3v) is 3.85. The molecule has 0 saturated heterocycles. The third kappa shape index (κ3) is 3.77. The van der Waals surface area contributed by atoms with Crippen molar-refractivity contribution in [2.45, 2.75) is 32.7 Å². The summed E-state index contributed by atoms with van der Waals surface area (Å²) < 4.78 is 0.871. The zero-order valence-electron chi connectivity index (χ0n) is 12.0. The average molecular weight is 352 g/mol. The van der Waals surface area contributed by atoms with Crippen LogP contribution in [0.15, 0.2) is 28.9 Å². The summed E-state index contributed by atoms with van der Waals surface area (Å²) in [7, 11) is 0. The predicted octanol–water partition coefficient (Wildman–Crippen LogP) is 3.82. The number of nitro groups is 1. The van der Waals surface area contributed by atoms with Crippen LogP contribution in [0.4, 0.5) is 5.69 Å². The number of hydrogen-bond donors (Lipinski definition) is 1. The Kier molecular flexibility index (Phi) is 4.90. The Hall–Kier alpha value is -1.53. The Labute approximate surface area is 131 Å². The largest absolute Gasteiger partial charge is 0.327 e. The Morgan fingerprint density at radius 2 is 2.14 bits per heavy atom. The fraction of sp³-hybridized carbons (Fsp3) is 0.400. The molecule has 1 heterocycles. The first-order valence-corrected chi connectivity index (χ1v) is 7.65. The van der Waals surface area contributed by atoms with Crippen LogP contribution in [0, 0.1) is 16.0 Å². The lowest BCUT2D eigenvalue weighted by atomic mass is 9.95. The summed E-state index contributed by atoms with van der Waals surface area (Å²) in [4.78, 5) is 15.1. The van der Waals surface area contributed by atoms with Gasteiger partial charge in [0.15, 0.2) is 0 Å². The van der Waals surface area contributed by atoms with Gasteiger partial charge in [-0.15, -0.1) is 0 Å². The van der Waals surface area contributed by atoms with Gasteiger partial charge in [-0.3, -0.25) is 10.1 Å². The minimum atomic E-state index is -0.384. The molecule has 0 aliphatic carbocycles. The van der Waals surface area contributed by atoms with E-state index in [0.717, 1.165) is 21.8 Å². The Morgan fingerprint density at radius 1 is 1.43 bits per heavy atom. The maximum absolute atomic E-state index is 11.3. The molecular formula is C15H18BrN3O2. The number of aromatic nitrogens is 1. The van der Waals surface area contributed by atoms with Crippen molar-refractivity contribution in [3.8, 4) is 0 Å². The van der Waals surface area contributed by atoms with Gasteiger partial charge in [-0.1, -0.05) is 29.8 Å². The highest BCUT2D eigenvalue weighted by atomic mass is 79.9. The lowest BCUT2D eigenvalue weighted by Gasteiger charge is -2.15. The van der Waals surface area contributed by atoms with Gasteiger partial charge in [0.2, 0.25) is 0 Å². The van der Waals surface area contributed by atoms with Crippen molar-refractivity contribution in [1.29, 1.82) is 0 Å². The first-order chi connectivity index (χ1) is 9.88. The number of nitrogens with two attached hydrogens (primary N) is 1. The van der Waals surface area contributed by atoms with Crippen LogP contribution in [0.3, 0.4) is 0 Å². The van der Waals surface area contributed by atoms with E-state index in [4.69, 9.17) is 5.73 Å². The molecule has 2 N–H and O–H groups in total. The van der Waals surface area contributed by atoms with Crippen molar-refractivity contribution in [2.75, 3.05) is 0 Å². The van der Waals surface area contributed by atoms with Gasteiger partial charge >= 0.3 is 0 Å². The molecule has 5 nitrogen and oxygen atoms in total. The standard InChI is InChI=1S/C15H18BrN3O2/c1-9(2)5-11(17)7-13-12-6-10(16)3-4-14(12)18-8-15(13)19(20)21/h3-4,6,8-9,11H,5,7,17H2,1-2H3. The monoisotopic (exact) mass is 351 g/mol. The smallest absolute Gasteiger partial charge is 0.291 e. The predicted molar refractivity (Wildman–Crippen MR) is 87.2 cm³/mol. The number of halogens is 1. The van der Waals surface area contributed by atoms with Crippen LogP contribution in [0.5, 0.6) is 0 Å². The van der Waals surface area contributed by atoms with Crippen LogP contribution in [0.25, 0.3) is 10.9 Å². The fourth-order valence-electron chi connectivity index (χ4n) is 2.53. The number of fused-ring (bicyclic) bond motifs is 1. The van der Waals surface area contributed by atoms with Gasteiger partial charge in [0.1, 0.15) is 6.20 Å². The molecule has 0 spiro atoms. The van der Waals surface area contributed by atoms with Crippen molar-refractivity contribution in [1.82, 2.24) is 4.98 Å². The Bertz CT molecular complexity index is 673. The van der Waals surface area contributed by atoms with Gasteiger partial charge in [-0.25, -0.2) is 4.98 Å². The molecule has 6 heteroatoms. The lowest BCUT2D eigenvalue weighted by Crippen LogP contribution is -2.25. The topological polar surface area (TPSA) is 82.0 Å². The molecule has 1 atom stereocenters. The third-order valence-electron chi connectivity index (χ3n) is 3.36. The highest BCUT2D eigenvalue weighted by molar-refractivity contribution is 9.10. The van der Waals surface area contributed by atoms with Crippen molar-refractivity contribution in [2.24, 2.45) is 11.7 Å². The van der Waals surface area contributed by atoms with Crippen LogP contribution >= 0.6 is 15.9 Å². The van der Waals surface area contributed by atoms with E-state index in [9.17, 15) is 10.1 Å². The zero-order chi connectivity index (χ0) is 15.6. The maximum atomic E-state index is 11.3. The molecule has 0 aliphatic heterocycles. The second-order valence-corrected chi connectivity index (χ2v) is 6.55. The molecule has 2 rings (SSSR count). The molecule has 1 aromatic carbocycles. The van der Waals surface area contributed by atoms with E-state index in [2.05, 4.69) is 34.8 Å². The molecule has 21 heavy (non-hydrogen) atoms. The van der Waals surface area contributed by atoms with E-state index in [1.807, 2.05) is 18.2 Å². The molecule has 0 amide bonds. The summed E-state index contributed by atoms with van der Waals surface area (Å²) in [6, 6.07) is 5.49. The lowest BCUT2D eigenvalue weighted by molar-refractivity contribution is -0.385. The van der Waals surface area contributed by atoms with Gasteiger partial charge in [0, 0.05) is 21.5 Å². The van der Waals surface area contributed by atoms with E-state index < -0.39 is 0 Å². The number of hydrogen-bond acceptors (Lipinski definition) is 4. The average Bonchev–Trinajstić information content (AvgIpc) is 2.38. The van der Waals surface area contributed by atoms with Gasteiger partial charge < -0.3 is 5.73 Å². The molecule has 0 saturated carbocycles. The quantitative estimate of drug-likeness (QED) is 0.655. The van der Waals surface area contributed by atoms with E-state index in [1.165, 1.54) is 6.20 Å². The second kappa shape index (κ2) is 6.49. The van der Waals surface area contributed by atoms with Crippen LogP contribution in [0.1, 0.15) is 25.8 Å². The molecular weight excluding hydrogens is 334 g/mol. The summed E-state index contributed by atoms with van der Waals surface area (Å²) in [6.07, 6.45) is 2.63. The molecule has 0 bridgehead atoms. The zero-order valence-corrected chi connectivity index (χ0v) is 13.6. The Balaban J connectivity index is 2.53. The summed E-state index contributed by atoms with van der Waals surface area (Å²) in [5.41, 5.74) is 7.60. The molecule has 0 fully saturated rings. The maximum Gasteiger partial charge on any atom is 0.291 e. The number of benzene rings is 1. The highest BCUT2D eigenvalue weighted by Crippen LogP contribution is 2.29. The van der Waals surface area contributed by atoms with Gasteiger partial charge in [-0.05, 0) is 37.0 Å². The van der Waals surface area contributed by atoms with Gasteiger partial charge in [0.05, 0.1) is 10.4 Å². The van der Waals surface area contributed by atoms with Crippen molar-refractivity contribution < 1.29 is 4.92 Å². The molecule has 1 unspecified atom stereocenters. The minimum absolute atomic E-state index is 0.0415. The van der Waals surface area contributed by atoms with Crippen molar-refractivity contribution >= 4 is 32.5 Å². The number of nitrogens with zero attached hydrogens (tertiary/aromatic N) is 2. The molecule has 1 aromatic heterocycles. The van der Waals surface area contributed by atoms with Crippen LogP contribution in [0.2, 0.25) is 0 Å². The summed E-state index contributed by atoms with van der Waals surface area (Å²) in [5.74, 6) is 0.457. The van der Waals surface area contributed by atoms with Crippen molar-refractivity contribution in [3.63, 3.8) is 0 Å². The van der Waals surface area contributed by atoms with E-state index in [1.54, 1.807) is 0 Å². The fourth-order valence-corrected chi connectivity index (χ4v) is 2.89. The van der Waals surface area contributed by atoms with Crippen molar-refractivity contribution in [3.05, 3.63) is 44.5 Å². The first-order valence-electron chi connectivity index (χ1n) is 6.85. The van der Waals surface area contributed by atoms with Gasteiger partial charge in [-0.2, -0.15) is 0 Å². The normalized spacial score (nSPS) is 12.8. The van der Waals surface area contributed by atoms with Gasteiger partial charge in [0.25, 0.3) is 5.69 Å². The molecule has 112 valence electrons. The first kappa shape index (κ1) is 15.9. The van der Waals surface area contributed by atoms with E-state index >= 15 is 0 Å². The molecule has 0 aliphatic rings. The number of rotatable bonds is 5. The SMILES string of the molecule is CC(C)CC(N)Cc1c([N+](=O)[O-])cnc2ccc(Br)cc12. The van der Waals surface area contributed by atoms with E-state index in [0.29, 0.717) is 17.9 Å². The highest BCUT2D eigenvalue weighted by Gasteiger charge is 2.20. The molecule has 2 aromatic rings. The van der Waals surface area contributed by atoms with Crippen LogP contribution in [-0.2, 0) is 6.42 Å². The molecule has 0 radical (unpaired) electrons. The Morgan fingerprint density at radius 3 is 2.76 bits per heavy atom. The summed E-state index contributed by atoms with van der Waals surface area (Å²) in [6.45, 7) is 4.19. The summed E-state index contributed by atoms with van der Waals surface area (Å²) in [5, 5.41) is 12.1. The summed E-state index contributed by atoms with van der Waals surface area (Å²) >= 11 is 3.41. The van der Waals surface area contributed by atoms with E-state index in [-0.39, 0.29) is 16.7 Å².